The number of halogens is 2. The number of rotatable bonds is 6. The number of para-hydroxylation sites is 2. The van der Waals surface area contributed by atoms with Gasteiger partial charge in [0.25, 0.3) is 5.91 Å². The Morgan fingerprint density at radius 1 is 0.938 bits per heavy atom. The molecule has 170 valence electrons. The molecule has 6 nitrogen and oxygen atoms in total. The summed E-state index contributed by atoms with van der Waals surface area (Å²) >= 11 is 0. The normalized spacial score (nSPS) is 21.0. The molecule has 2 unspecified atom stereocenters. The summed E-state index contributed by atoms with van der Waals surface area (Å²) in [6.07, 6.45) is 2.28. The van der Waals surface area contributed by atoms with E-state index in [1.165, 1.54) is 12.1 Å². The number of carbonyl (C=O) groups is 2. The number of nitrogens with zero attached hydrogens (tertiary/aromatic N) is 2. The van der Waals surface area contributed by atoms with Crippen LogP contribution in [0.15, 0.2) is 54.6 Å². The maximum absolute atomic E-state index is 13.2. The molecule has 1 N–H and O–H groups in total. The Morgan fingerprint density at radius 2 is 1.69 bits per heavy atom. The van der Waals surface area contributed by atoms with E-state index >= 15 is 0 Å². The number of piperidine rings is 1. The number of benzene rings is 2. The van der Waals surface area contributed by atoms with Crippen LogP contribution in [0.1, 0.15) is 29.6 Å². The molecule has 2 aliphatic rings. The number of hydrogen-bond donors (Lipinski definition) is 1. The molecule has 2 aromatic rings. The van der Waals surface area contributed by atoms with Gasteiger partial charge in [-0.25, -0.2) is 0 Å². The fraction of sp³-hybridized carbons (Fsp3) is 0.417. The highest BCUT2D eigenvalue weighted by Crippen LogP contribution is 2.27. The van der Waals surface area contributed by atoms with Gasteiger partial charge in [0.05, 0.1) is 11.5 Å². The van der Waals surface area contributed by atoms with Crippen LogP contribution in [0.3, 0.4) is 0 Å². The molecule has 0 aromatic heterocycles. The summed E-state index contributed by atoms with van der Waals surface area (Å²) in [5.41, 5.74) is 1.13. The summed E-state index contributed by atoms with van der Waals surface area (Å²) in [6, 6.07) is 16.1. The zero-order valence-corrected chi connectivity index (χ0v) is 17.8. The van der Waals surface area contributed by atoms with Crippen molar-refractivity contribution in [3.05, 3.63) is 60.2 Å². The predicted molar refractivity (Wildman–Crippen MR) is 117 cm³/mol. The Balaban J connectivity index is 1.37. The van der Waals surface area contributed by atoms with Crippen molar-refractivity contribution in [3.63, 3.8) is 0 Å². The Hall–Kier alpha value is -3.16. The van der Waals surface area contributed by atoms with E-state index in [4.69, 9.17) is 0 Å². The maximum Gasteiger partial charge on any atom is 0.387 e. The standard InChI is InChI=1S/C24H27F2N3O3/c25-24(26)32-21-11-5-4-10-20(21)23(31)28-13-6-7-17(15-28)22(30)29-14-12-19(16-29)27-18-8-2-1-3-9-18/h1-5,8-11,17,19,24,27H,6-7,12-16H2. The molecule has 2 aromatic carbocycles. The first-order valence-electron chi connectivity index (χ1n) is 10.9. The Labute approximate surface area is 186 Å². The molecule has 2 heterocycles. The molecule has 8 heteroatoms. The summed E-state index contributed by atoms with van der Waals surface area (Å²) in [7, 11) is 0. The van der Waals surface area contributed by atoms with E-state index in [2.05, 4.69) is 10.1 Å². The number of likely N-dealkylation sites (tertiary alicyclic amines) is 2. The van der Waals surface area contributed by atoms with Crippen LogP contribution in [0.2, 0.25) is 0 Å². The fourth-order valence-electron chi connectivity index (χ4n) is 4.48. The van der Waals surface area contributed by atoms with Gasteiger partial charge in [0.15, 0.2) is 0 Å². The van der Waals surface area contributed by atoms with Crippen LogP contribution in [0, 0.1) is 5.92 Å². The van der Waals surface area contributed by atoms with E-state index in [0.29, 0.717) is 32.5 Å². The molecule has 2 amide bonds. The second-order valence-electron chi connectivity index (χ2n) is 8.25. The molecular weight excluding hydrogens is 416 g/mol. The number of nitrogens with one attached hydrogen (secondary N) is 1. The zero-order valence-electron chi connectivity index (χ0n) is 17.8. The van der Waals surface area contributed by atoms with E-state index in [1.807, 2.05) is 35.2 Å². The largest absolute Gasteiger partial charge is 0.434 e. The van der Waals surface area contributed by atoms with Gasteiger partial charge in [0.1, 0.15) is 5.75 Å². The highest BCUT2D eigenvalue weighted by molar-refractivity contribution is 5.97. The van der Waals surface area contributed by atoms with Crippen molar-refractivity contribution in [2.45, 2.75) is 31.9 Å². The van der Waals surface area contributed by atoms with Crippen molar-refractivity contribution >= 4 is 17.5 Å². The minimum Gasteiger partial charge on any atom is -0.434 e. The second kappa shape index (κ2) is 9.97. The number of amides is 2. The van der Waals surface area contributed by atoms with Crippen molar-refractivity contribution in [2.24, 2.45) is 5.92 Å². The number of ether oxygens (including phenoxy) is 1. The van der Waals surface area contributed by atoms with Crippen LogP contribution in [0.5, 0.6) is 5.75 Å². The van der Waals surface area contributed by atoms with Crippen molar-refractivity contribution < 1.29 is 23.1 Å². The van der Waals surface area contributed by atoms with E-state index in [9.17, 15) is 18.4 Å². The van der Waals surface area contributed by atoms with Gasteiger partial charge >= 0.3 is 6.61 Å². The van der Waals surface area contributed by atoms with Crippen LogP contribution in [0.4, 0.5) is 14.5 Å². The van der Waals surface area contributed by atoms with E-state index in [0.717, 1.165) is 12.1 Å². The molecular formula is C24H27F2N3O3. The van der Waals surface area contributed by atoms with Crippen molar-refractivity contribution in [3.8, 4) is 5.75 Å². The molecule has 2 saturated heterocycles. The summed E-state index contributed by atoms with van der Waals surface area (Å²) in [5.74, 6) is -0.762. The smallest absolute Gasteiger partial charge is 0.387 e. The minimum absolute atomic E-state index is 0.0528. The number of anilines is 1. The van der Waals surface area contributed by atoms with Crippen LogP contribution in [0.25, 0.3) is 0 Å². The topological polar surface area (TPSA) is 61.9 Å². The molecule has 2 fully saturated rings. The molecule has 0 radical (unpaired) electrons. The first-order chi connectivity index (χ1) is 15.5. The van der Waals surface area contributed by atoms with Crippen LogP contribution in [-0.2, 0) is 4.79 Å². The van der Waals surface area contributed by atoms with Crippen LogP contribution >= 0.6 is 0 Å². The summed E-state index contributed by atoms with van der Waals surface area (Å²) < 4.78 is 29.9. The van der Waals surface area contributed by atoms with Gasteiger partial charge in [-0.15, -0.1) is 0 Å². The van der Waals surface area contributed by atoms with Crippen molar-refractivity contribution in [1.82, 2.24) is 9.80 Å². The van der Waals surface area contributed by atoms with Gasteiger partial charge < -0.3 is 19.9 Å². The fourth-order valence-corrected chi connectivity index (χ4v) is 4.48. The van der Waals surface area contributed by atoms with Crippen molar-refractivity contribution in [1.29, 1.82) is 0 Å². The van der Waals surface area contributed by atoms with Gasteiger partial charge in [0, 0.05) is 37.9 Å². The average Bonchev–Trinajstić information content (AvgIpc) is 3.27. The van der Waals surface area contributed by atoms with Crippen molar-refractivity contribution in [2.75, 3.05) is 31.5 Å². The Morgan fingerprint density at radius 3 is 2.47 bits per heavy atom. The number of hydrogen-bond acceptors (Lipinski definition) is 4. The molecule has 4 rings (SSSR count). The highest BCUT2D eigenvalue weighted by atomic mass is 19.3. The molecule has 0 saturated carbocycles. The Kier molecular flexibility index (Phi) is 6.87. The lowest BCUT2D eigenvalue weighted by Gasteiger charge is -2.34. The number of carbonyl (C=O) groups excluding carboxylic acids is 2. The average molecular weight is 443 g/mol. The monoisotopic (exact) mass is 443 g/mol. The van der Waals surface area contributed by atoms with E-state index in [1.54, 1.807) is 17.0 Å². The molecule has 2 aliphatic heterocycles. The first kappa shape index (κ1) is 22.0. The summed E-state index contributed by atoms with van der Waals surface area (Å²) in [6.45, 7) is -0.924. The molecule has 32 heavy (non-hydrogen) atoms. The van der Waals surface area contributed by atoms with E-state index in [-0.39, 0.29) is 41.6 Å². The first-order valence-corrected chi connectivity index (χ1v) is 10.9. The molecule has 0 spiro atoms. The van der Waals surface area contributed by atoms with Crippen LogP contribution in [-0.4, -0.2) is 60.4 Å². The summed E-state index contributed by atoms with van der Waals surface area (Å²) in [4.78, 5) is 29.6. The third-order valence-electron chi connectivity index (χ3n) is 6.04. The summed E-state index contributed by atoms with van der Waals surface area (Å²) in [5, 5.41) is 3.47. The van der Waals surface area contributed by atoms with Gasteiger partial charge in [-0.3, -0.25) is 9.59 Å². The lowest BCUT2D eigenvalue weighted by atomic mass is 9.96. The maximum atomic E-state index is 13.2. The molecule has 2 atom stereocenters. The Bertz CT molecular complexity index is 941. The second-order valence-corrected chi connectivity index (χ2v) is 8.25. The zero-order chi connectivity index (χ0) is 22.5. The predicted octanol–water partition coefficient (Wildman–Crippen LogP) is 3.85. The highest BCUT2D eigenvalue weighted by Gasteiger charge is 2.35. The lowest BCUT2D eigenvalue weighted by Crippen LogP contribution is -2.46. The molecule has 0 aliphatic carbocycles. The third kappa shape index (κ3) is 5.18. The van der Waals surface area contributed by atoms with Gasteiger partial charge in [-0.1, -0.05) is 30.3 Å². The van der Waals surface area contributed by atoms with Gasteiger partial charge in [-0.2, -0.15) is 8.78 Å². The third-order valence-corrected chi connectivity index (χ3v) is 6.04. The van der Waals surface area contributed by atoms with Gasteiger partial charge in [0.2, 0.25) is 5.91 Å². The lowest BCUT2D eigenvalue weighted by molar-refractivity contribution is -0.135. The van der Waals surface area contributed by atoms with Gasteiger partial charge in [-0.05, 0) is 43.5 Å². The number of alkyl halides is 2. The molecule has 0 bridgehead atoms. The SMILES string of the molecule is O=C(c1ccccc1OC(F)F)N1CCCC(C(=O)N2CCC(Nc3ccccc3)C2)C1. The van der Waals surface area contributed by atoms with Crippen LogP contribution < -0.4 is 10.1 Å². The van der Waals surface area contributed by atoms with E-state index < -0.39 is 6.61 Å². The minimum atomic E-state index is -3.01. The quantitative estimate of drug-likeness (QED) is 0.737.